The van der Waals surface area contributed by atoms with Crippen molar-refractivity contribution in [3.63, 3.8) is 0 Å². The summed E-state index contributed by atoms with van der Waals surface area (Å²) in [7, 11) is 0. The van der Waals surface area contributed by atoms with Gasteiger partial charge in [-0.15, -0.1) is 12.4 Å². The fraction of sp³-hybridized carbons (Fsp3) is 0.625. The molecular weight excluding hydrogens is 275 g/mol. The van der Waals surface area contributed by atoms with Gasteiger partial charge in [0.05, 0.1) is 0 Å². The van der Waals surface area contributed by atoms with Crippen molar-refractivity contribution >= 4 is 12.4 Å². The monoisotopic (exact) mass is 298 g/mol. The van der Waals surface area contributed by atoms with Crippen molar-refractivity contribution in [2.45, 2.75) is 32.2 Å². The number of nitrogens with one attached hydrogen (secondary N) is 1. The van der Waals surface area contributed by atoms with Crippen LogP contribution in [-0.4, -0.2) is 31.1 Å². The van der Waals surface area contributed by atoms with Gasteiger partial charge in [0.25, 0.3) is 0 Å². The predicted molar refractivity (Wildman–Crippen MR) is 82.9 cm³/mol. The SMILES string of the molecule is Cc1ccc([C@@H](CC2CC2)N2CCNCC2)c(F)c1.Cl. The van der Waals surface area contributed by atoms with Crippen molar-refractivity contribution in [1.82, 2.24) is 10.2 Å². The summed E-state index contributed by atoms with van der Waals surface area (Å²) < 4.78 is 14.3. The quantitative estimate of drug-likeness (QED) is 0.917. The molecule has 0 bridgehead atoms. The summed E-state index contributed by atoms with van der Waals surface area (Å²) in [6.45, 7) is 6.06. The molecule has 1 N–H and O–H groups in total. The molecule has 1 aromatic carbocycles. The molecule has 2 aliphatic rings. The number of aryl methyl sites for hydroxylation is 1. The van der Waals surface area contributed by atoms with E-state index in [-0.39, 0.29) is 24.3 Å². The number of hydrogen-bond donors (Lipinski definition) is 1. The number of hydrogen-bond acceptors (Lipinski definition) is 2. The molecule has 1 saturated heterocycles. The second kappa shape index (κ2) is 6.88. The molecule has 0 unspecified atom stereocenters. The highest BCUT2D eigenvalue weighted by atomic mass is 35.5. The Morgan fingerprint density at radius 1 is 1.30 bits per heavy atom. The second-order valence-electron chi connectivity index (χ2n) is 6.01. The molecule has 2 nitrogen and oxygen atoms in total. The van der Waals surface area contributed by atoms with Crippen molar-refractivity contribution in [3.8, 4) is 0 Å². The first-order valence-corrected chi connectivity index (χ1v) is 7.45. The van der Waals surface area contributed by atoms with Gasteiger partial charge in [-0.3, -0.25) is 4.90 Å². The smallest absolute Gasteiger partial charge is 0.128 e. The lowest BCUT2D eigenvalue weighted by Gasteiger charge is -2.35. The number of nitrogens with zero attached hydrogens (tertiary/aromatic N) is 1. The van der Waals surface area contributed by atoms with Gasteiger partial charge in [-0.1, -0.05) is 25.0 Å². The summed E-state index contributed by atoms with van der Waals surface area (Å²) in [5.74, 6) is 0.796. The fourth-order valence-corrected chi connectivity index (χ4v) is 3.04. The van der Waals surface area contributed by atoms with Crippen LogP contribution in [0.1, 0.15) is 36.4 Å². The van der Waals surface area contributed by atoms with Crippen LogP contribution < -0.4 is 5.32 Å². The molecule has 0 aromatic heterocycles. The van der Waals surface area contributed by atoms with E-state index in [0.717, 1.165) is 49.6 Å². The Morgan fingerprint density at radius 3 is 2.60 bits per heavy atom. The summed E-state index contributed by atoms with van der Waals surface area (Å²) in [5.41, 5.74) is 1.91. The first-order valence-electron chi connectivity index (χ1n) is 7.45. The Morgan fingerprint density at radius 2 is 2.00 bits per heavy atom. The van der Waals surface area contributed by atoms with Gasteiger partial charge in [0, 0.05) is 37.8 Å². The van der Waals surface area contributed by atoms with E-state index in [1.54, 1.807) is 6.07 Å². The van der Waals surface area contributed by atoms with Crippen LogP contribution in [0.2, 0.25) is 0 Å². The molecule has 3 rings (SSSR count). The van der Waals surface area contributed by atoms with Gasteiger partial charge in [0.1, 0.15) is 5.82 Å². The highest BCUT2D eigenvalue weighted by Gasteiger charge is 2.31. The van der Waals surface area contributed by atoms with Crippen LogP contribution in [0, 0.1) is 18.7 Å². The molecule has 20 heavy (non-hydrogen) atoms. The fourth-order valence-electron chi connectivity index (χ4n) is 3.04. The van der Waals surface area contributed by atoms with Crippen molar-refractivity contribution in [2.24, 2.45) is 5.92 Å². The summed E-state index contributed by atoms with van der Waals surface area (Å²) in [6, 6.07) is 5.99. The Balaban J connectivity index is 0.00000147. The zero-order chi connectivity index (χ0) is 13.2. The molecule has 2 fully saturated rings. The van der Waals surface area contributed by atoms with Gasteiger partial charge in [-0.2, -0.15) is 0 Å². The van der Waals surface area contributed by atoms with Crippen LogP contribution in [-0.2, 0) is 0 Å². The molecule has 1 aromatic rings. The van der Waals surface area contributed by atoms with Crippen molar-refractivity contribution in [1.29, 1.82) is 0 Å². The average molecular weight is 299 g/mol. The number of benzene rings is 1. The van der Waals surface area contributed by atoms with Crippen LogP contribution >= 0.6 is 12.4 Å². The molecule has 0 amide bonds. The molecule has 1 heterocycles. The molecule has 1 saturated carbocycles. The predicted octanol–water partition coefficient (Wildman–Crippen LogP) is 3.30. The van der Waals surface area contributed by atoms with Crippen molar-refractivity contribution < 1.29 is 4.39 Å². The molecule has 112 valence electrons. The molecule has 4 heteroatoms. The van der Waals surface area contributed by atoms with Crippen molar-refractivity contribution in [3.05, 3.63) is 35.1 Å². The van der Waals surface area contributed by atoms with E-state index in [1.165, 1.54) is 12.8 Å². The zero-order valence-electron chi connectivity index (χ0n) is 12.1. The molecule has 0 radical (unpaired) electrons. The van der Waals surface area contributed by atoms with Gasteiger partial charge in [0.2, 0.25) is 0 Å². The van der Waals surface area contributed by atoms with Gasteiger partial charge in [-0.25, -0.2) is 4.39 Å². The third-order valence-electron chi connectivity index (χ3n) is 4.36. The van der Waals surface area contributed by atoms with E-state index in [1.807, 2.05) is 19.1 Å². The summed E-state index contributed by atoms with van der Waals surface area (Å²) in [6.07, 6.45) is 3.78. The number of halogens is 2. The maximum Gasteiger partial charge on any atom is 0.128 e. The molecular formula is C16H24ClFN2. The Labute approximate surface area is 127 Å². The highest BCUT2D eigenvalue weighted by Crippen LogP contribution is 2.40. The van der Waals surface area contributed by atoms with E-state index in [9.17, 15) is 4.39 Å². The van der Waals surface area contributed by atoms with Gasteiger partial charge < -0.3 is 5.32 Å². The first-order chi connectivity index (χ1) is 9.24. The first kappa shape index (κ1) is 15.7. The third kappa shape index (κ3) is 3.72. The third-order valence-corrected chi connectivity index (χ3v) is 4.36. The lowest BCUT2D eigenvalue weighted by atomic mass is 9.97. The van der Waals surface area contributed by atoms with Crippen LogP contribution in [0.3, 0.4) is 0 Å². The minimum absolute atomic E-state index is 0. The lowest BCUT2D eigenvalue weighted by Crippen LogP contribution is -2.45. The molecule has 1 atom stereocenters. The van der Waals surface area contributed by atoms with E-state index in [4.69, 9.17) is 0 Å². The average Bonchev–Trinajstić information content (AvgIpc) is 3.22. The minimum Gasteiger partial charge on any atom is -0.314 e. The van der Waals surface area contributed by atoms with Crippen LogP contribution in [0.25, 0.3) is 0 Å². The summed E-state index contributed by atoms with van der Waals surface area (Å²) in [4.78, 5) is 2.46. The Hall–Kier alpha value is -0.640. The van der Waals surface area contributed by atoms with Crippen LogP contribution in [0.4, 0.5) is 4.39 Å². The molecule has 1 aliphatic heterocycles. The highest BCUT2D eigenvalue weighted by molar-refractivity contribution is 5.85. The Bertz CT molecular complexity index is 442. The normalized spacial score (nSPS) is 21.3. The zero-order valence-corrected chi connectivity index (χ0v) is 12.9. The topological polar surface area (TPSA) is 15.3 Å². The summed E-state index contributed by atoms with van der Waals surface area (Å²) in [5, 5.41) is 3.38. The molecule has 0 spiro atoms. The maximum absolute atomic E-state index is 14.3. The largest absolute Gasteiger partial charge is 0.314 e. The lowest BCUT2D eigenvalue weighted by molar-refractivity contribution is 0.157. The van der Waals surface area contributed by atoms with Gasteiger partial charge in [-0.05, 0) is 30.9 Å². The molecule has 1 aliphatic carbocycles. The maximum atomic E-state index is 14.3. The van der Waals surface area contributed by atoms with E-state index in [2.05, 4.69) is 10.2 Å². The van der Waals surface area contributed by atoms with Crippen LogP contribution in [0.5, 0.6) is 0 Å². The van der Waals surface area contributed by atoms with E-state index in [0.29, 0.717) is 0 Å². The number of piperazine rings is 1. The van der Waals surface area contributed by atoms with Crippen LogP contribution in [0.15, 0.2) is 18.2 Å². The summed E-state index contributed by atoms with van der Waals surface area (Å²) >= 11 is 0. The van der Waals surface area contributed by atoms with Gasteiger partial charge in [0.15, 0.2) is 0 Å². The van der Waals surface area contributed by atoms with E-state index >= 15 is 0 Å². The second-order valence-corrected chi connectivity index (χ2v) is 6.01. The van der Waals surface area contributed by atoms with Gasteiger partial charge >= 0.3 is 0 Å². The number of rotatable bonds is 4. The standard InChI is InChI=1S/C16H23FN2.ClH/c1-12-2-5-14(15(17)10-12)16(11-13-3-4-13)19-8-6-18-7-9-19;/h2,5,10,13,16,18H,3-4,6-9,11H2,1H3;1H/t16-;/m1./s1. The van der Waals surface area contributed by atoms with E-state index < -0.39 is 0 Å². The van der Waals surface area contributed by atoms with Crippen molar-refractivity contribution in [2.75, 3.05) is 26.2 Å². The minimum atomic E-state index is -0.0239. The Kier molecular flexibility index (Phi) is 5.42.